The van der Waals surface area contributed by atoms with Gasteiger partial charge in [0.25, 0.3) is 0 Å². The van der Waals surface area contributed by atoms with Crippen LogP contribution in [0.1, 0.15) is 23.0 Å². The summed E-state index contributed by atoms with van der Waals surface area (Å²) in [6, 6.07) is 14.6. The Bertz CT molecular complexity index is 1260. The first-order valence-electron chi connectivity index (χ1n) is 13.4. The highest BCUT2D eigenvalue weighted by Crippen LogP contribution is 2.35. The highest BCUT2D eigenvalue weighted by molar-refractivity contribution is 5.93. The number of rotatable bonds is 10. The van der Waals surface area contributed by atoms with Crippen LogP contribution in [-0.4, -0.2) is 85.6 Å². The topological polar surface area (TPSA) is 108 Å². The van der Waals surface area contributed by atoms with Gasteiger partial charge in [0.15, 0.2) is 0 Å². The molecule has 2 aliphatic heterocycles. The minimum atomic E-state index is -4.55. The first-order valence-corrected chi connectivity index (χ1v) is 13.4. The van der Waals surface area contributed by atoms with Crippen molar-refractivity contribution in [1.29, 1.82) is 0 Å². The number of carbonyl (C=O) groups is 2. The summed E-state index contributed by atoms with van der Waals surface area (Å²) in [5, 5.41) is 7.07. The normalized spacial score (nSPS) is 16.8. The monoisotopic (exact) mass is 626 g/mol. The van der Waals surface area contributed by atoms with Gasteiger partial charge in [-0.15, -0.1) is 0 Å². The van der Waals surface area contributed by atoms with E-state index < -0.39 is 49.2 Å². The van der Waals surface area contributed by atoms with E-state index in [-0.39, 0.29) is 49.2 Å². The number of carbonyl (C=O) groups excluding carboxylic acids is 2. The van der Waals surface area contributed by atoms with Crippen LogP contribution >= 0.6 is 0 Å². The fourth-order valence-electron chi connectivity index (χ4n) is 4.35. The van der Waals surface area contributed by atoms with Gasteiger partial charge in [0, 0.05) is 25.2 Å². The van der Waals surface area contributed by atoms with Crippen LogP contribution in [0.2, 0.25) is 0 Å². The first-order chi connectivity index (χ1) is 20.9. The molecule has 0 spiro atoms. The molecule has 2 aliphatic rings. The molecule has 4 rings (SSSR count). The quantitative estimate of drug-likeness (QED) is 0.304. The summed E-state index contributed by atoms with van der Waals surface area (Å²) in [5.41, 5.74) is 0.0997. The Hall–Kier alpha value is -4.76. The lowest BCUT2D eigenvalue weighted by Gasteiger charge is -2.24. The van der Waals surface area contributed by atoms with E-state index in [9.17, 15) is 35.9 Å². The number of aliphatic imine (C=N–C) groups is 2. The van der Waals surface area contributed by atoms with Crippen molar-refractivity contribution >= 4 is 23.9 Å². The second-order valence-corrected chi connectivity index (χ2v) is 9.54. The summed E-state index contributed by atoms with van der Waals surface area (Å²) >= 11 is 0. The van der Waals surface area contributed by atoms with E-state index in [1.165, 1.54) is 48.5 Å². The molecular formula is C28H28F6N6O4. The maximum Gasteiger partial charge on any atom is 0.397 e. The van der Waals surface area contributed by atoms with E-state index >= 15 is 0 Å². The van der Waals surface area contributed by atoms with Crippen LogP contribution in [0.3, 0.4) is 0 Å². The third-order valence-corrected chi connectivity index (χ3v) is 6.48. The molecule has 2 unspecified atom stereocenters. The molecule has 0 amide bonds. The summed E-state index contributed by atoms with van der Waals surface area (Å²) in [5.74, 6) is -5.95. The zero-order chi connectivity index (χ0) is 31.7. The van der Waals surface area contributed by atoms with Crippen molar-refractivity contribution in [1.82, 2.24) is 20.8 Å². The number of hydrogen-bond acceptors (Lipinski definition) is 10. The van der Waals surface area contributed by atoms with Gasteiger partial charge in [-0.05, 0) is 11.1 Å². The molecule has 44 heavy (non-hydrogen) atoms. The second kappa shape index (κ2) is 14.1. The van der Waals surface area contributed by atoms with E-state index in [1.54, 1.807) is 12.1 Å². The van der Waals surface area contributed by atoms with Gasteiger partial charge in [-0.2, -0.15) is 36.5 Å². The maximum atomic E-state index is 13.6. The van der Waals surface area contributed by atoms with Crippen molar-refractivity contribution in [3.05, 3.63) is 83.9 Å². The van der Waals surface area contributed by atoms with Gasteiger partial charge in [0.2, 0.25) is 11.9 Å². The maximum absolute atomic E-state index is 13.6. The van der Waals surface area contributed by atoms with Crippen LogP contribution in [0.15, 0.2) is 82.8 Å². The molecule has 0 bridgehead atoms. The Balaban J connectivity index is 1.26. The molecule has 236 valence electrons. The Morgan fingerprint density at radius 3 is 1.41 bits per heavy atom. The zero-order valence-electron chi connectivity index (χ0n) is 23.0. The summed E-state index contributed by atoms with van der Waals surface area (Å²) in [6.45, 7) is -0.707. The predicted molar refractivity (Wildman–Crippen MR) is 146 cm³/mol. The number of nitrogens with one attached hydrogen (secondary N) is 2. The minimum Gasteiger partial charge on any atom is -0.353 e. The molecule has 10 nitrogen and oxygen atoms in total. The Morgan fingerprint density at radius 1 is 0.705 bits per heavy atom. The van der Waals surface area contributed by atoms with Crippen LogP contribution in [-0.2, 0) is 19.3 Å². The number of nitrogens with zero attached hydrogens (tertiary/aromatic N) is 4. The third-order valence-electron chi connectivity index (χ3n) is 6.48. The van der Waals surface area contributed by atoms with Crippen LogP contribution in [0.5, 0.6) is 0 Å². The van der Waals surface area contributed by atoms with Gasteiger partial charge >= 0.3 is 24.3 Å². The molecular weight excluding hydrogens is 598 g/mol. The van der Waals surface area contributed by atoms with Gasteiger partial charge in [-0.25, -0.2) is 19.6 Å². The lowest BCUT2D eigenvalue weighted by atomic mass is 9.98. The summed E-state index contributed by atoms with van der Waals surface area (Å²) in [6.07, 6.45) is -7.63. The van der Waals surface area contributed by atoms with Crippen molar-refractivity contribution in [2.75, 3.05) is 39.3 Å². The van der Waals surface area contributed by atoms with Crippen LogP contribution in [0, 0.1) is 0 Å². The van der Waals surface area contributed by atoms with E-state index in [2.05, 4.69) is 20.6 Å². The molecule has 16 heteroatoms. The number of halogens is 6. The van der Waals surface area contributed by atoms with E-state index in [4.69, 9.17) is 9.68 Å². The molecule has 2 atom stereocenters. The Labute approximate surface area is 247 Å². The summed E-state index contributed by atoms with van der Waals surface area (Å²) in [7, 11) is 0. The average Bonchev–Trinajstić information content (AvgIpc) is 3.61. The average molecular weight is 627 g/mol. The highest BCUT2D eigenvalue weighted by atomic mass is 19.4. The van der Waals surface area contributed by atoms with E-state index in [0.717, 1.165) is 22.3 Å². The zero-order valence-corrected chi connectivity index (χ0v) is 23.0. The minimum absolute atomic E-state index is 0.0499. The van der Waals surface area contributed by atoms with Gasteiger partial charge < -0.3 is 20.3 Å². The highest BCUT2D eigenvalue weighted by Gasteiger charge is 2.42. The van der Waals surface area contributed by atoms with Gasteiger partial charge in [-0.3, -0.25) is 0 Å². The van der Waals surface area contributed by atoms with Crippen molar-refractivity contribution in [2.24, 2.45) is 9.98 Å². The third kappa shape index (κ3) is 8.87. The lowest BCUT2D eigenvalue weighted by Crippen LogP contribution is -2.43. The first kappa shape index (κ1) is 32.2. The van der Waals surface area contributed by atoms with Crippen molar-refractivity contribution in [3.8, 4) is 0 Å². The fourth-order valence-corrected chi connectivity index (χ4v) is 4.35. The number of alkyl halides is 6. The van der Waals surface area contributed by atoms with Gasteiger partial charge in [0.1, 0.15) is 0 Å². The van der Waals surface area contributed by atoms with Crippen LogP contribution in [0.4, 0.5) is 26.3 Å². The van der Waals surface area contributed by atoms with Crippen molar-refractivity contribution < 1.29 is 45.6 Å². The Kier molecular flexibility index (Phi) is 10.3. The molecule has 0 aliphatic carbocycles. The summed E-state index contributed by atoms with van der Waals surface area (Å²) in [4.78, 5) is 42.8. The van der Waals surface area contributed by atoms with Crippen LogP contribution < -0.4 is 10.6 Å². The molecule has 0 radical (unpaired) electrons. The number of hydrogen-bond donors (Lipinski definition) is 2. The number of guanidine groups is 2. The molecule has 0 saturated heterocycles. The molecule has 0 fully saturated rings. The number of benzene rings is 2. The standard InChI is InChI=1S/C28H28F6N6O4/c29-27(30,31)21(19-7-3-1-4-8-19)17-37-25-35-13-15-39(25)43-23(41)11-12-24(42)44-40-16-14-36-26(40)38-18-22(28(32,33)34)20-9-5-2-6-10-20/h1-12,21-22H,13-18H2,(H,35,37)(H,36,38)/b12-11+. The molecule has 2 N–H and O–H groups in total. The fraction of sp³-hybridized carbons (Fsp3) is 0.357. The second-order valence-electron chi connectivity index (χ2n) is 9.54. The van der Waals surface area contributed by atoms with Crippen molar-refractivity contribution in [2.45, 2.75) is 24.2 Å². The molecule has 2 aromatic carbocycles. The Morgan fingerprint density at radius 2 is 1.07 bits per heavy atom. The van der Waals surface area contributed by atoms with E-state index in [0.29, 0.717) is 0 Å². The smallest absolute Gasteiger partial charge is 0.353 e. The largest absolute Gasteiger partial charge is 0.397 e. The predicted octanol–water partition coefficient (Wildman–Crippen LogP) is 3.67. The van der Waals surface area contributed by atoms with Gasteiger partial charge in [-0.1, -0.05) is 60.7 Å². The SMILES string of the molecule is O=C(/C=C/C(=O)ON1CCN=C1NCC(c1ccccc1)C(F)(F)F)ON1CCN=C1NCC(c1ccccc1)C(F)(F)F. The van der Waals surface area contributed by atoms with Gasteiger partial charge in [0.05, 0.1) is 38.0 Å². The summed E-state index contributed by atoms with van der Waals surface area (Å²) < 4.78 is 81.8. The van der Waals surface area contributed by atoms with Crippen molar-refractivity contribution in [3.63, 3.8) is 0 Å². The molecule has 2 heterocycles. The molecule has 2 aromatic rings. The molecule has 0 aromatic heterocycles. The van der Waals surface area contributed by atoms with E-state index in [1.807, 2.05) is 0 Å². The number of hydroxylamine groups is 4. The lowest BCUT2D eigenvalue weighted by molar-refractivity contribution is -0.168. The van der Waals surface area contributed by atoms with Crippen LogP contribution in [0.25, 0.3) is 0 Å². The molecule has 0 saturated carbocycles.